The molecule has 6 nitrogen and oxygen atoms in total. The van der Waals surface area contributed by atoms with E-state index < -0.39 is 32.6 Å². The van der Waals surface area contributed by atoms with Crippen molar-refractivity contribution < 1.29 is 22.7 Å². The smallest absolute Gasteiger partial charge is 0.410 e. The molecular formula is C12H21NO5S. The molecule has 1 saturated heterocycles. The number of carbonyl (C=O) groups excluding carboxylic acids is 2. The Morgan fingerprint density at radius 3 is 2.00 bits per heavy atom. The number of likely N-dealkylation sites (tertiary alicyclic amines) is 1. The van der Waals surface area contributed by atoms with Gasteiger partial charge in [0.05, 0.1) is 0 Å². The van der Waals surface area contributed by atoms with Crippen molar-refractivity contribution in [3.63, 3.8) is 0 Å². The quantitative estimate of drug-likeness (QED) is 0.725. The lowest BCUT2D eigenvalue weighted by Crippen LogP contribution is -2.43. The first-order valence-electron chi connectivity index (χ1n) is 6.22. The Bertz CT molecular complexity index is 455. The number of ether oxygens (including phenoxy) is 1. The van der Waals surface area contributed by atoms with Crippen LogP contribution in [0.3, 0.4) is 0 Å². The van der Waals surface area contributed by atoms with Crippen molar-refractivity contribution >= 4 is 21.0 Å². The summed E-state index contributed by atoms with van der Waals surface area (Å²) in [6.07, 6.45) is 1.24. The van der Waals surface area contributed by atoms with E-state index in [0.29, 0.717) is 25.9 Å². The van der Waals surface area contributed by atoms with Gasteiger partial charge in [0.1, 0.15) is 5.60 Å². The standard InChI is InChI=1S/C12H21NO5S/c1-12(2,3)18-11(15)13-7-5-9(6-8-13)10(14)19(4,16)17/h9H,5-8H2,1-4H3. The van der Waals surface area contributed by atoms with Crippen LogP contribution in [0.5, 0.6) is 0 Å². The second-order valence-electron chi connectivity index (χ2n) is 5.83. The maximum Gasteiger partial charge on any atom is 0.410 e. The summed E-state index contributed by atoms with van der Waals surface area (Å²) in [5.41, 5.74) is -0.559. The lowest BCUT2D eigenvalue weighted by Gasteiger charge is -2.32. The Hall–Kier alpha value is -1.11. The molecule has 0 radical (unpaired) electrons. The normalized spacial score (nSPS) is 18.2. The Kier molecular flexibility index (Phi) is 4.60. The summed E-state index contributed by atoms with van der Waals surface area (Å²) in [5, 5.41) is -0.726. The van der Waals surface area contributed by atoms with Gasteiger partial charge in [0, 0.05) is 25.3 Å². The molecule has 0 spiro atoms. The largest absolute Gasteiger partial charge is 0.444 e. The van der Waals surface area contributed by atoms with Crippen LogP contribution < -0.4 is 0 Å². The van der Waals surface area contributed by atoms with E-state index in [9.17, 15) is 18.0 Å². The monoisotopic (exact) mass is 291 g/mol. The molecule has 19 heavy (non-hydrogen) atoms. The Labute approximate surface area is 114 Å². The zero-order valence-corrected chi connectivity index (χ0v) is 12.6. The minimum Gasteiger partial charge on any atom is -0.444 e. The van der Waals surface area contributed by atoms with Crippen molar-refractivity contribution in [1.29, 1.82) is 0 Å². The summed E-state index contributed by atoms with van der Waals surface area (Å²) in [4.78, 5) is 24.9. The van der Waals surface area contributed by atoms with Crippen molar-refractivity contribution in [3.8, 4) is 0 Å². The summed E-state index contributed by atoms with van der Waals surface area (Å²) in [6, 6.07) is 0. The zero-order valence-electron chi connectivity index (χ0n) is 11.8. The van der Waals surface area contributed by atoms with Crippen LogP contribution in [0, 0.1) is 5.92 Å². The van der Waals surface area contributed by atoms with Crippen molar-refractivity contribution in [2.24, 2.45) is 5.92 Å². The van der Waals surface area contributed by atoms with Gasteiger partial charge in [-0.15, -0.1) is 0 Å². The number of hydrogen-bond donors (Lipinski definition) is 0. The Morgan fingerprint density at radius 2 is 1.63 bits per heavy atom. The topological polar surface area (TPSA) is 80.8 Å². The number of nitrogens with zero attached hydrogens (tertiary/aromatic N) is 1. The first-order chi connectivity index (χ1) is 8.50. The number of amides is 1. The molecule has 0 aromatic carbocycles. The van der Waals surface area contributed by atoms with Gasteiger partial charge in [-0.2, -0.15) is 0 Å². The number of piperidine rings is 1. The third-order valence-corrected chi connectivity index (χ3v) is 3.91. The Morgan fingerprint density at radius 1 is 1.16 bits per heavy atom. The second-order valence-corrected chi connectivity index (χ2v) is 7.78. The van der Waals surface area contributed by atoms with Gasteiger partial charge in [0.25, 0.3) is 0 Å². The molecule has 0 bridgehead atoms. The van der Waals surface area contributed by atoms with Gasteiger partial charge in [-0.1, -0.05) is 0 Å². The fraction of sp³-hybridized carbons (Fsp3) is 0.833. The third-order valence-electron chi connectivity index (χ3n) is 2.85. The van der Waals surface area contributed by atoms with Crippen LogP contribution in [-0.2, 0) is 19.4 Å². The fourth-order valence-electron chi connectivity index (χ4n) is 1.93. The van der Waals surface area contributed by atoms with Gasteiger partial charge in [0.15, 0.2) is 0 Å². The van der Waals surface area contributed by atoms with Crippen molar-refractivity contribution in [3.05, 3.63) is 0 Å². The second kappa shape index (κ2) is 5.48. The van der Waals surface area contributed by atoms with E-state index in [2.05, 4.69) is 0 Å². The Balaban J connectivity index is 2.54. The van der Waals surface area contributed by atoms with Gasteiger partial charge in [-0.05, 0) is 33.6 Å². The van der Waals surface area contributed by atoms with E-state index in [1.807, 2.05) is 0 Å². The summed E-state index contributed by atoms with van der Waals surface area (Å²) in [7, 11) is -3.64. The molecule has 0 N–H and O–H groups in total. The molecule has 1 fully saturated rings. The molecule has 0 aromatic heterocycles. The first-order valence-corrected chi connectivity index (χ1v) is 8.11. The van der Waals surface area contributed by atoms with Crippen LogP contribution in [0.1, 0.15) is 33.6 Å². The molecule has 7 heteroatoms. The maximum atomic E-state index is 11.8. The third kappa shape index (κ3) is 4.81. The van der Waals surface area contributed by atoms with E-state index >= 15 is 0 Å². The number of hydrogen-bond acceptors (Lipinski definition) is 5. The highest BCUT2D eigenvalue weighted by atomic mass is 32.2. The van der Waals surface area contributed by atoms with Crippen LogP contribution in [0.25, 0.3) is 0 Å². The van der Waals surface area contributed by atoms with Crippen LogP contribution in [0.15, 0.2) is 0 Å². The predicted octanol–water partition coefficient (Wildman–Crippen LogP) is 1.20. The lowest BCUT2D eigenvalue weighted by atomic mass is 9.99. The zero-order chi connectivity index (χ0) is 14.8. The van der Waals surface area contributed by atoms with Crippen LogP contribution in [-0.4, -0.2) is 49.5 Å². The van der Waals surface area contributed by atoms with Crippen molar-refractivity contribution in [2.75, 3.05) is 19.3 Å². The molecule has 1 aliphatic rings. The first kappa shape index (κ1) is 15.9. The van der Waals surface area contributed by atoms with Gasteiger partial charge < -0.3 is 9.64 Å². The number of sulfone groups is 1. The average molecular weight is 291 g/mol. The van der Waals surface area contributed by atoms with Crippen molar-refractivity contribution in [2.45, 2.75) is 39.2 Å². The summed E-state index contributed by atoms with van der Waals surface area (Å²) >= 11 is 0. The predicted molar refractivity (Wildman–Crippen MR) is 70.4 cm³/mol. The number of rotatable bonds is 1. The molecule has 0 aliphatic carbocycles. The maximum absolute atomic E-state index is 11.8. The highest BCUT2D eigenvalue weighted by molar-refractivity contribution is 8.05. The van der Waals surface area contributed by atoms with Gasteiger partial charge in [-0.3, -0.25) is 4.79 Å². The molecular weight excluding hydrogens is 270 g/mol. The van der Waals surface area contributed by atoms with Gasteiger partial charge in [0.2, 0.25) is 15.0 Å². The van der Waals surface area contributed by atoms with Gasteiger partial charge >= 0.3 is 6.09 Å². The van der Waals surface area contributed by atoms with Gasteiger partial charge in [-0.25, -0.2) is 13.2 Å². The van der Waals surface area contributed by atoms with Crippen molar-refractivity contribution in [1.82, 2.24) is 4.90 Å². The van der Waals surface area contributed by atoms with E-state index in [0.717, 1.165) is 6.26 Å². The van der Waals surface area contributed by atoms with Crippen LogP contribution >= 0.6 is 0 Å². The van der Waals surface area contributed by atoms with Crippen LogP contribution in [0.2, 0.25) is 0 Å². The minimum atomic E-state index is -3.64. The molecule has 1 heterocycles. The average Bonchev–Trinajstić information content (AvgIpc) is 2.24. The highest BCUT2D eigenvalue weighted by Crippen LogP contribution is 2.21. The molecule has 0 unspecified atom stereocenters. The fourth-order valence-corrected chi connectivity index (χ4v) is 2.77. The molecule has 1 aliphatic heterocycles. The molecule has 0 atom stereocenters. The highest BCUT2D eigenvalue weighted by Gasteiger charge is 2.33. The SMILES string of the molecule is CC(C)(C)OC(=O)N1CCC(C(=O)S(C)(=O)=O)CC1. The lowest BCUT2D eigenvalue weighted by molar-refractivity contribution is -0.116. The summed E-state index contributed by atoms with van der Waals surface area (Å²) in [5.74, 6) is -0.506. The summed E-state index contributed by atoms with van der Waals surface area (Å²) in [6.45, 7) is 6.04. The van der Waals surface area contributed by atoms with E-state index in [-0.39, 0.29) is 0 Å². The van der Waals surface area contributed by atoms with E-state index in [1.54, 1.807) is 20.8 Å². The summed E-state index contributed by atoms with van der Waals surface area (Å²) < 4.78 is 27.6. The molecule has 1 amide bonds. The molecule has 0 aromatic rings. The van der Waals surface area contributed by atoms with E-state index in [4.69, 9.17) is 4.74 Å². The van der Waals surface area contributed by atoms with Crippen LogP contribution in [0.4, 0.5) is 4.79 Å². The minimum absolute atomic E-state index is 0.348. The van der Waals surface area contributed by atoms with E-state index in [1.165, 1.54) is 4.90 Å². The molecule has 1 rings (SSSR count). The molecule has 0 saturated carbocycles. The molecule has 110 valence electrons. The number of carbonyl (C=O) groups is 2.